The highest BCUT2D eigenvalue weighted by molar-refractivity contribution is 7.89. The number of rotatable bonds is 7. The minimum Gasteiger partial charge on any atom is -0.480 e. The van der Waals surface area contributed by atoms with Gasteiger partial charge in [-0.05, 0) is 18.6 Å². The maximum absolute atomic E-state index is 12.0. The second kappa shape index (κ2) is 7.32. The van der Waals surface area contributed by atoms with E-state index < -0.39 is 27.9 Å². The normalized spacial score (nSPS) is 12.9. The molecule has 0 aliphatic carbocycles. The smallest absolute Gasteiger partial charge is 0.326 e. The van der Waals surface area contributed by atoms with Gasteiger partial charge in [-0.15, -0.1) is 0 Å². The number of nitrogens with zero attached hydrogens (tertiary/aromatic N) is 2. The number of carbonyl (C=O) groups excluding carboxylic acids is 1. The molecule has 9 heteroatoms. The van der Waals surface area contributed by atoms with Gasteiger partial charge in [0.2, 0.25) is 0 Å². The van der Waals surface area contributed by atoms with E-state index in [9.17, 15) is 18.0 Å². The standard InChI is InChI=1S/C13H19N3O5S/c1-4-5-10(13(18)19)15-12(17)9-6-7-11(14-8-9)22(20,21)16(2)3/h6-8,10H,4-5H2,1-3H3,(H,15,17)(H,18,19). The van der Waals surface area contributed by atoms with E-state index in [0.717, 1.165) is 10.5 Å². The zero-order valence-electron chi connectivity index (χ0n) is 12.6. The van der Waals surface area contributed by atoms with Crippen molar-refractivity contribution in [1.29, 1.82) is 0 Å². The zero-order chi connectivity index (χ0) is 16.9. The van der Waals surface area contributed by atoms with Crippen LogP contribution in [0.4, 0.5) is 0 Å². The third kappa shape index (κ3) is 4.25. The number of nitrogens with one attached hydrogen (secondary N) is 1. The second-order valence-corrected chi connectivity index (χ2v) is 6.92. The van der Waals surface area contributed by atoms with Gasteiger partial charge in [0.1, 0.15) is 6.04 Å². The molecule has 0 fully saturated rings. The molecule has 1 atom stereocenters. The van der Waals surface area contributed by atoms with Crippen molar-refractivity contribution in [3.05, 3.63) is 23.9 Å². The number of pyridine rings is 1. The molecule has 0 aliphatic rings. The van der Waals surface area contributed by atoms with Gasteiger partial charge in [-0.3, -0.25) is 4.79 Å². The molecule has 0 spiro atoms. The third-order valence-electron chi connectivity index (χ3n) is 2.92. The van der Waals surface area contributed by atoms with Crippen molar-refractivity contribution in [2.24, 2.45) is 0 Å². The quantitative estimate of drug-likeness (QED) is 0.744. The molecule has 0 saturated heterocycles. The first-order valence-electron chi connectivity index (χ1n) is 6.62. The molecule has 1 aromatic heterocycles. The topological polar surface area (TPSA) is 117 Å². The molecule has 1 unspecified atom stereocenters. The molecule has 0 aliphatic heterocycles. The molecule has 8 nitrogen and oxygen atoms in total. The summed E-state index contributed by atoms with van der Waals surface area (Å²) in [7, 11) is -0.918. The Kier molecular flexibility index (Phi) is 6.01. The molecule has 1 heterocycles. The fourth-order valence-electron chi connectivity index (χ4n) is 1.64. The summed E-state index contributed by atoms with van der Waals surface area (Å²) in [4.78, 5) is 26.7. The van der Waals surface area contributed by atoms with E-state index in [0.29, 0.717) is 12.8 Å². The maximum atomic E-state index is 12.0. The second-order valence-electron chi connectivity index (χ2n) is 4.83. The molecule has 0 radical (unpaired) electrons. The van der Waals surface area contributed by atoms with Crippen LogP contribution in [0.3, 0.4) is 0 Å². The number of carboxylic acids is 1. The molecule has 1 rings (SSSR count). The van der Waals surface area contributed by atoms with Gasteiger partial charge in [0, 0.05) is 20.3 Å². The summed E-state index contributed by atoms with van der Waals surface area (Å²) in [5.74, 6) is -1.72. The van der Waals surface area contributed by atoms with E-state index in [2.05, 4.69) is 10.3 Å². The Hall–Kier alpha value is -2.00. The van der Waals surface area contributed by atoms with Crippen molar-refractivity contribution in [2.75, 3.05) is 14.1 Å². The number of hydrogen-bond acceptors (Lipinski definition) is 5. The van der Waals surface area contributed by atoms with Gasteiger partial charge >= 0.3 is 5.97 Å². The maximum Gasteiger partial charge on any atom is 0.326 e. The van der Waals surface area contributed by atoms with E-state index in [-0.39, 0.29) is 10.6 Å². The van der Waals surface area contributed by atoms with E-state index in [1.807, 2.05) is 6.92 Å². The van der Waals surface area contributed by atoms with Crippen molar-refractivity contribution in [1.82, 2.24) is 14.6 Å². The molecule has 0 saturated carbocycles. The predicted octanol–water partition coefficient (Wildman–Crippen LogP) is 0.315. The number of aromatic nitrogens is 1. The van der Waals surface area contributed by atoms with Crippen LogP contribution in [0.25, 0.3) is 0 Å². The van der Waals surface area contributed by atoms with E-state index >= 15 is 0 Å². The first-order chi connectivity index (χ1) is 10.2. The fourth-order valence-corrected chi connectivity index (χ4v) is 2.44. The lowest BCUT2D eigenvalue weighted by Gasteiger charge is -2.14. The summed E-state index contributed by atoms with van der Waals surface area (Å²) in [5.41, 5.74) is 0.0973. The van der Waals surface area contributed by atoms with Crippen LogP contribution < -0.4 is 5.32 Å². The Morgan fingerprint density at radius 2 is 2.00 bits per heavy atom. The molecular weight excluding hydrogens is 310 g/mol. The average Bonchev–Trinajstić information content (AvgIpc) is 2.46. The molecule has 122 valence electrons. The Morgan fingerprint density at radius 3 is 2.41 bits per heavy atom. The summed E-state index contributed by atoms with van der Waals surface area (Å²) in [6.07, 6.45) is 2.02. The summed E-state index contributed by atoms with van der Waals surface area (Å²) in [5, 5.41) is 11.2. The third-order valence-corrected chi connectivity index (χ3v) is 4.66. The number of aliphatic carboxylic acids is 1. The molecular formula is C13H19N3O5S. The SMILES string of the molecule is CCCC(NC(=O)c1ccc(S(=O)(=O)N(C)C)nc1)C(=O)O. The van der Waals surface area contributed by atoms with E-state index in [4.69, 9.17) is 5.11 Å². The van der Waals surface area contributed by atoms with Crippen LogP contribution in [0.1, 0.15) is 30.1 Å². The Balaban J connectivity index is 2.91. The Morgan fingerprint density at radius 1 is 1.36 bits per heavy atom. The van der Waals surface area contributed by atoms with Gasteiger partial charge in [-0.1, -0.05) is 13.3 Å². The van der Waals surface area contributed by atoms with E-state index in [1.54, 1.807) is 0 Å². The first-order valence-corrected chi connectivity index (χ1v) is 8.06. The highest BCUT2D eigenvalue weighted by Gasteiger charge is 2.22. The largest absolute Gasteiger partial charge is 0.480 e. The van der Waals surface area contributed by atoms with Gasteiger partial charge in [-0.2, -0.15) is 0 Å². The Bertz CT molecular complexity index is 640. The van der Waals surface area contributed by atoms with Crippen molar-refractivity contribution in [3.63, 3.8) is 0 Å². The highest BCUT2D eigenvalue weighted by atomic mass is 32.2. The van der Waals surface area contributed by atoms with Gasteiger partial charge in [0.25, 0.3) is 15.9 Å². The monoisotopic (exact) mass is 329 g/mol. The molecule has 0 bridgehead atoms. The van der Waals surface area contributed by atoms with Gasteiger partial charge in [-0.25, -0.2) is 22.5 Å². The molecule has 22 heavy (non-hydrogen) atoms. The number of hydrogen-bond donors (Lipinski definition) is 2. The molecule has 2 N–H and O–H groups in total. The van der Waals surface area contributed by atoms with Crippen LogP contribution in [0, 0.1) is 0 Å². The lowest BCUT2D eigenvalue weighted by Crippen LogP contribution is -2.40. The minimum atomic E-state index is -3.67. The Labute approximate surface area is 129 Å². The van der Waals surface area contributed by atoms with Crippen LogP contribution in [-0.2, 0) is 14.8 Å². The number of carbonyl (C=O) groups is 2. The van der Waals surface area contributed by atoms with E-state index in [1.165, 1.54) is 26.2 Å². The highest BCUT2D eigenvalue weighted by Crippen LogP contribution is 2.11. The van der Waals surface area contributed by atoms with Crippen molar-refractivity contribution < 1.29 is 23.1 Å². The predicted molar refractivity (Wildman–Crippen MR) is 78.9 cm³/mol. The van der Waals surface area contributed by atoms with Crippen molar-refractivity contribution >= 4 is 21.9 Å². The number of carboxylic acid groups (broad SMARTS) is 1. The van der Waals surface area contributed by atoms with Crippen LogP contribution in [0.5, 0.6) is 0 Å². The summed E-state index contributed by atoms with van der Waals surface area (Å²) in [6, 6.07) is 1.52. The molecule has 0 aromatic carbocycles. The summed E-state index contributed by atoms with van der Waals surface area (Å²) in [6.45, 7) is 1.81. The minimum absolute atomic E-state index is 0.0973. The van der Waals surface area contributed by atoms with Crippen molar-refractivity contribution in [2.45, 2.75) is 30.8 Å². The number of amides is 1. The average molecular weight is 329 g/mol. The van der Waals surface area contributed by atoms with Gasteiger partial charge < -0.3 is 10.4 Å². The number of sulfonamides is 1. The first kappa shape index (κ1) is 18.1. The van der Waals surface area contributed by atoms with Gasteiger partial charge in [0.15, 0.2) is 5.03 Å². The lowest BCUT2D eigenvalue weighted by molar-refractivity contribution is -0.139. The molecule has 1 aromatic rings. The van der Waals surface area contributed by atoms with Crippen molar-refractivity contribution in [3.8, 4) is 0 Å². The van der Waals surface area contributed by atoms with Crippen LogP contribution in [0.2, 0.25) is 0 Å². The van der Waals surface area contributed by atoms with Crippen LogP contribution in [-0.4, -0.2) is 54.8 Å². The fraction of sp³-hybridized carbons (Fsp3) is 0.462. The zero-order valence-corrected chi connectivity index (χ0v) is 13.4. The summed E-state index contributed by atoms with van der Waals surface area (Å²) >= 11 is 0. The lowest BCUT2D eigenvalue weighted by atomic mass is 10.1. The van der Waals surface area contributed by atoms with Gasteiger partial charge in [0.05, 0.1) is 5.56 Å². The summed E-state index contributed by atoms with van der Waals surface area (Å²) < 4.78 is 24.7. The van der Waals surface area contributed by atoms with Crippen LogP contribution >= 0.6 is 0 Å². The molecule has 1 amide bonds. The van der Waals surface area contributed by atoms with Crippen LogP contribution in [0.15, 0.2) is 23.4 Å².